The zero-order valence-corrected chi connectivity index (χ0v) is 10.6. The average Bonchev–Trinajstić information content (AvgIpc) is 2.50. The van der Waals surface area contributed by atoms with Gasteiger partial charge in [-0.2, -0.15) is 0 Å². The molecule has 1 atom stereocenters. The first kappa shape index (κ1) is 12.7. The van der Waals surface area contributed by atoms with Crippen molar-refractivity contribution in [2.75, 3.05) is 19.6 Å². The van der Waals surface area contributed by atoms with E-state index < -0.39 is 6.17 Å². The van der Waals surface area contributed by atoms with Gasteiger partial charge in [0.25, 0.3) is 0 Å². The van der Waals surface area contributed by atoms with E-state index in [0.29, 0.717) is 13.0 Å². The van der Waals surface area contributed by atoms with Gasteiger partial charge in [0, 0.05) is 24.1 Å². The summed E-state index contributed by atoms with van der Waals surface area (Å²) < 4.78 is 13.8. The van der Waals surface area contributed by atoms with Crippen LogP contribution in [-0.2, 0) is 0 Å². The maximum atomic E-state index is 13.0. The van der Waals surface area contributed by atoms with Crippen LogP contribution in [0.2, 0.25) is 0 Å². The molecule has 0 aromatic heterocycles. The monoisotopic (exact) mass is 273 g/mol. The van der Waals surface area contributed by atoms with Crippen molar-refractivity contribution < 1.29 is 4.39 Å². The Kier molecular flexibility index (Phi) is 5.26. The first-order valence-electron chi connectivity index (χ1n) is 5.16. The summed E-state index contributed by atoms with van der Waals surface area (Å²) in [4.78, 5) is 2.13. The molecular formula is C12H17BrFN. The summed E-state index contributed by atoms with van der Waals surface area (Å²) in [6.07, 6.45) is 6.02. The average molecular weight is 274 g/mol. The molecule has 0 N–H and O–H groups in total. The largest absolute Gasteiger partial charge is 0.296 e. The summed E-state index contributed by atoms with van der Waals surface area (Å²) in [7, 11) is 0. The van der Waals surface area contributed by atoms with E-state index in [9.17, 15) is 4.39 Å². The number of likely N-dealkylation sites (tertiary alicyclic amines) is 1. The summed E-state index contributed by atoms with van der Waals surface area (Å²) in [5.41, 5.74) is 1.16. The Bertz CT molecular complexity index is 283. The molecule has 0 aliphatic carbocycles. The lowest BCUT2D eigenvalue weighted by molar-refractivity contribution is 0.303. The molecule has 0 saturated carbocycles. The molecule has 1 heterocycles. The van der Waals surface area contributed by atoms with Crippen LogP contribution >= 0.6 is 15.9 Å². The quantitative estimate of drug-likeness (QED) is 0.710. The Morgan fingerprint density at radius 1 is 1.67 bits per heavy atom. The fraction of sp³-hybridized carbons (Fsp3) is 0.500. The predicted molar refractivity (Wildman–Crippen MR) is 66.9 cm³/mol. The molecule has 1 fully saturated rings. The van der Waals surface area contributed by atoms with E-state index in [0.717, 1.165) is 23.1 Å². The van der Waals surface area contributed by atoms with Crippen molar-refractivity contribution in [1.82, 2.24) is 4.90 Å². The van der Waals surface area contributed by atoms with E-state index >= 15 is 0 Å². The Labute approximate surface area is 99.5 Å². The molecule has 15 heavy (non-hydrogen) atoms. The minimum atomic E-state index is -0.649. The van der Waals surface area contributed by atoms with Crippen LogP contribution in [0.15, 0.2) is 34.9 Å². The highest BCUT2D eigenvalue weighted by molar-refractivity contribution is 9.11. The van der Waals surface area contributed by atoms with Gasteiger partial charge in [0.15, 0.2) is 0 Å². The Hall–Kier alpha value is -0.410. The molecule has 84 valence electrons. The molecule has 3 heteroatoms. The van der Waals surface area contributed by atoms with Gasteiger partial charge in [0.1, 0.15) is 6.17 Å². The van der Waals surface area contributed by atoms with Crippen molar-refractivity contribution in [2.45, 2.75) is 19.5 Å². The summed E-state index contributed by atoms with van der Waals surface area (Å²) in [6.45, 7) is 7.97. The zero-order valence-electron chi connectivity index (χ0n) is 9.05. The van der Waals surface area contributed by atoms with Crippen LogP contribution in [0.1, 0.15) is 13.3 Å². The number of rotatable bonds is 4. The predicted octanol–water partition coefficient (Wildman–Crippen LogP) is 3.44. The lowest BCUT2D eigenvalue weighted by Gasteiger charge is -2.15. The van der Waals surface area contributed by atoms with Crippen LogP contribution < -0.4 is 0 Å². The van der Waals surface area contributed by atoms with Gasteiger partial charge in [0.2, 0.25) is 0 Å². The number of hydrogen-bond acceptors (Lipinski definition) is 1. The van der Waals surface area contributed by atoms with Crippen LogP contribution in [0.25, 0.3) is 0 Å². The van der Waals surface area contributed by atoms with E-state index in [2.05, 4.69) is 27.4 Å². The molecule has 1 aliphatic rings. The van der Waals surface area contributed by atoms with E-state index in [4.69, 9.17) is 0 Å². The highest BCUT2D eigenvalue weighted by atomic mass is 79.9. The van der Waals surface area contributed by atoms with Gasteiger partial charge < -0.3 is 0 Å². The highest BCUT2D eigenvalue weighted by Crippen LogP contribution is 2.16. The first-order chi connectivity index (χ1) is 7.11. The highest BCUT2D eigenvalue weighted by Gasteiger charge is 2.21. The van der Waals surface area contributed by atoms with E-state index in [1.807, 2.05) is 25.2 Å². The third kappa shape index (κ3) is 4.76. The van der Waals surface area contributed by atoms with Crippen LogP contribution in [0, 0.1) is 0 Å². The van der Waals surface area contributed by atoms with E-state index in [1.165, 1.54) is 0 Å². The lowest BCUT2D eigenvalue weighted by atomic mass is 10.2. The van der Waals surface area contributed by atoms with Gasteiger partial charge in [-0.25, -0.2) is 4.39 Å². The molecule has 1 saturated heterocycles. The molecule has 0 aromatic rings. The van der Waals surface area contributed by atoms with Gasteiger partial charge in [-0.1, -0.05) is 34.7 Å². The Balaban J connectivity index is 2.55. The minimum absolute atomic E-state index is 0.559. The van der Waals surface area contributed by atoms with Gasteiger partial charge in [0.05, 0.1) is 0 Å². The second-order valence-electron chi connectivity index (χ2n) is 3.79. The summed E-state index contributed by atoms with van der Waals surface area (Å²) in [5.74, 6) is 0. The Morgan fingerprint density at radius 3 is 2.87 bits per heavy atom. The standard InChI is InChI=1S/C12H17BrFN/c1-3-4-11(7-10(2)13)8-15-6-5-12(14)9-15/h3-4,7,12H,2,5-6,8-9H2,1H3/b4-3-,11-7+. The molecular weight excluding hydrogens is 257 g/mol. The summed E-state index contributed by atoms with van der Waals surface area (Å²) in [6, 6.07) is 0. The molecule has 1 aliphatic heterocycles. The fourth-order valence-corrected chi connectivity index (χ4v) is 2.04. The Morgan fingerprint density at radius 2 is 2.40 bits per heavy atom. The van der Waals surface area contributed by atoms with Gasteiger partial charge in [-0.3, -0.25) is 4.90 Å². The topological polar surface area (TPSA) is 3.24 Å². The third-order valence-electron chi connectivity index (χ3n) is 2.34. The SMILES string of the molecule is C=C(Br)/C=C(\C=C/C)CN1CCC(F)C1. The molecule has 1 unspecified atom stereocenters. The van der Waals surface area contributed by atoms with Gasteiger partial charge in [-0.05, 0) is 25.0 Å². The van der Waals surface area contributed by atoms with Gasteiger partial charge >= 0.3 is 0 Å². The van der Waals surface area contributed by atoms with E-state index in [-0.39, 0.29) is 0 Å². The van der Waals surface area contributed by atoms with Crippen molar-refractivity contribution in [3.05, 3.63) is 34.9 Å². The zero-order chi connectivity index (χ0) is 11.3. The van der Waals surface area contributed by atoms with Crippen molar-refractivity contribution in [1.29, 1.82) is 0 Å². The van der Waals surface area contributed by atoms with Crippen molar-refractivity contribution in [3.8, 4) is 0 Å². The third-order valence-corrected chi connectivity index (χ3v) is 2.57. The second-order valence-corrected chi connectivity index (χ2v) is 4.81. The fourth-order valence-electron chi connectivity index (χ4n) is 1.75. The minimum Gasteiger partial charge on any atom is -0.296 e. The van der Waals surface area contributed by atoms with Crippen molar-refractivity contribution in [3.63, 3.8) is 0 Å². The molecule has 0 aromatic carbocycles. The molecule has 1 rings (SSSR count). The molecule has 0 radical (unpaired) electrons. The second kappa shape index (κ2) is 6.23. The van der Waals surface area contributed by atoms with Crippen LogP contribution in [-0.4, -0.2) is 30.7 Å². The van der Waals surface area contributed by atoms with Crippen LogP contribution in [0.5, 0.6) is 0 Å². The molecule has 0 spiro atoms. The van der Waals surface area contributed by atoms with Crippen molar-refractivity contribution in [2.24, 2.45) is 0 Å². The molecule has 0 amide bonds. The van der Waals surface area contributed by atoms with Crippen LogP contribution in [0.4, 0.5) is 4.39 Å². The number of halogens is 2. The summed E-state index contributed by atoms with van der Waals surface area (Å²) >= 11 is 3.31. The number of nitrogens with zero attached hydrogens (tertiary/aromatic N) is 1. The van der Waals surface area contributed by atoms with E-state index in [1.54, 1.807) is 0 Å². The maximum absolute atomic E-state index is 13.0. The van der Waals surface area contributed by atoms with Crippen molar-refractivity contribution >= 4 is 15.9 Å². The van der Waals surface area contributed by atoms with Crippen LogP contribution in [0.3, 0.4) is 0 Å². The number of allylic oxidation sites excluding steroid dienone is 3. The smallest absolute Gasteiger partial charge is 0.114 e. The number of hydrogen-bond donors (Lipinski definition) is 0. The normalized spacial score (nSPS) is 23.9. The maximum Gasteiger partial charge on any atom is 0.114 e. The first-order valence-corrected chi connectivity index (χ1v) is 5.95. The van der Waals surface area contributed by atoms with Gasteiger partial charge in [-0.15, -0.1) is 0 Å². The molecule has 1 nitrogen and oxygen atoms in total. The number of alkyl halides is 1. The summed E-state index contributed by atoms with van der Waals surface area (Å²) in [5, 5.41) is 0. The molecule has 0 bridgehead atoms. The lowest BCUT2D eigenvalue weighted by Crippen LogP contribution is -2.23.